The summed E-state index contributed by atoms with van der Waals surface area (Å²) < 4.78 is 57.8. The van der Waals surface area contributed by atoms with Crippen molar-refractivity contribution >= 4 is 17.6 Å². The lowest BCUT2D eigenvalue weighted by molar-refractivity contribution is -0.138. The largest absolute Gasteiger partial charge is 0.491 e. The second kappa shape index (κ2) is 12.2. The maximum absolute atomic E-state index is 13.0. The smallest absolute Gasteiger partial charge is 0.417 e. The molecule has 0 aliphatic rings. The fraction of sp³-hybridized carbons (Fsp3) is 0.400. The third-order valence-corrected chi connectivity index (χ3v) is 5.33. The zero-order chi connectivity index (χ0) is 27.2. The van der Waals surface area contributed by atoms with Crippen LogP contribution in [-0.2, 0) is 30.9 Å². The van der Waals surface area contributed by atoms with E-state index in [0.29, 0.717) is 55.0 Å². The second-order valence-corrected chi connectivity index (χ2v) is 8.93. The number of aryl methyl sites for hydroxylation is 3. The average Bonchev–Trinajstić information content (AvgIpc) is 3.16. The number of ether oxygens (including phenoxy) is 3. The topological polar surface area (TPSA) is 95.7 Å². The molecule has 0 fully saturated rings. The Morgan fingerprint density at radius 2 is 1.92 bits per heavy atom. The minimum absolute atomic E-state index is 0.0336. The van der Waals surface area contributed by atoms with Crippen molar-refractivity contribution in [1.29, 1.82) is 0 Å². The van der Waals surface area contributed by atoms with E-state index in [9.17, 15) is 18.0 Å². The lowest BCUT2D eigenvalue weighted by atomic mass is 10.1. The van der Waals surface area contributed by atoms with E-state index in [1.165, 1.54) is 0 Å². The van der Waals surface area contributed by atoms with Crippen molar-refractivity contribution in [1.82, 2.24) is 14.8 Å². The van der Waals surface area contributed by atoms with Crippen LogP contribution in [0.3, 0.4) is 0 Å². The van der Waals surface area contributed by atoms with Crippen LogP contribution >= 0.6 is 11.6 Å². The van der Waals surface area contributed by atoms with E-state index in [4.69, 9.17) is 30.9 Å². The fourth-order valence-corrected chi connectivity index (χ4v) is 3.63. The van der Waals surface area contributed by atoms with Gasteiger partial charge in [-0.15, -0.1) is 5.10 Å². The van der Waals surface area contributed by atoms with Crippen molar-refractivity contribution in [3.8, 4) is 23.3 Å². The van der Waals surface area contributed by atoms with Crippen LogP contribution in [0.1, 0.15) is 43.4 Å². The average molecular weight is 542 g/mol. The summed E-state index contributed by atoms with van der Waals surface area (Å²) in [5, 5.41) is 12.9. The van der Waals surface area contributed by atoms with Crippen LogP contribution in [0.5, 0.6) is 23.3 Å². The number of halogens is 4. The molecule has 3 rings (SSSR count). The summed E-state index contributed by atoms with van der Waals surface area (Å²) in [5.74, 6) is 0.166. The van der Waals surface area contributed by atoms with E-state index >= 15 is 0 Å². The molecule has 3 aromatic rings. The van der Waals surface area contributed by atoms with Gasteiger partial charge in [-0.1, -0.05) is 17.7 Å². The van der Waals surface area contributed by atoms with Gasteiger partial charge in [-0.05, 0) is 50.8 Å². The third kappa shape index (κ3) is 8.28. The number of carbonyl (C=O) groups is 1. The van der Waals surface area contributed by atoms with E-state index in [2.05, 4.69) is 10.1 Å². The van der Waals surface area contributed by atoms with E-state index in [0.717, 1.165) is 11.6 Å². The molecule has 0 atom stereocenters. The van der Waals surface area contributed by atoms with Gasteiger partial charge in [0.15, 0.2) is 0 Å². The first-order valence-electron chi connectivity index (χ1n) is 11.5. The molecule has 1 N–H and O–H groups in total. The van der Waals surface area contributed by atoms with Crippen molar-refractivity contribution in [2.24, 2.45) is 7.05 Å². The molecular formula is C25H27ClF3N3O5. The lowest BCUT2D eigenvalue weighted by Crippen LogP contribution is -2.07. The Morgan fingerprint density at radius 3 is 2.57 bits per heavy atom. The Kier molecular flexibility index (Phi) is 9.25. The molecule has 2 heterocycles. The van der Waals surface area contributed by atoms with Gasteiger partial charge in [0.25, 0.3) is 0 Å². The van der Waals surface area contributed by atoms with Crippen molar-refractivity contribution < 1.29 is 37.3 Å². The Balaban J connectivity index is 1.72. The molecule has 0 saturated carbocycles. The maximum atomic E-state index is 13.0. The van der Waals surface area contributed by atoms with E-state index < -0.39 is 17.7 Å². The van der Waals surface area contributed by atoms with Crippen LogP contribution in [0.15, 0.2) is 36.7 Å². The molecule has 0 amide bonds. The number of nitrogens with zero attached hydrogens (tertiary/aromatic N) is 3. The van der Waals surface area contributed by atoms with Gasteiger partial charge >= 0.3 is 12.1 Å². The highest BCUT2D eigenvalue weighted by Gasteiger charge is 2.32. The quantitative estimate of drug-likeness (QED) is 0.277. The number of pyridine rings is 1. The van der Waals surface area contributed by atoms with Gasteiger partial charge in [0.1, 0.15) is 16.5 Å². The molecule has 0 saturated heterocycles. The normalized spacial score (nSPS) is 11.6. The molecule has 8 nitrogen and oxygen atoms in total. The number of carboxylic acid groups (broad SMARTS) is 1. The maximum Gasteiger partial charge on any atom is 0.417 e. The Labute approximate surface area is 216 Å². The predicted octanol–water partition coefficient (Wildman–Crippen LogP) is 6.10. The van der Waals surface area contributed by atoms with Crippen molar-refractivity contribution in [3.05, 3.63) is 58.4 Å². The lowest BCUT2D eigenvalue weighted by Gasteiger charge is -2.16. The standard InChI is InChI=1S/C25H27ClF3N3O5/c1-15(2)36-19-8-6-16(5-4-10-35-23-17(7-9-22(33)34)14-32(3)31-23)21(12-19)37-24-20(26)11-18(13-30-24)25(27,28)29/h6,8,11-15H,4-5,7,9-10H2,1-3H3,(H,33,34). The molecule has 37 heavy (non-hydrogen) atoms. The number of alkyl halides is 3. The highest BCUT2D eigenvalue weighted by Crippen LogP contribution is 2.36. The molecule has 0 radical (unpaired) electrons. The van der Waals surface area contributed by atoms with Crippen LogP contribution in [0.2, 0.25) is 5.02 Å². The summed E-state index contributed by atoms with van der Waals surface area (Å²) in [7, 11) is 1.72. The molecule has 2 aromatic heterocycles. The summed E-state index contributed by atoms with van der Waals surface area (Å²) in [4.78, 5) is 14.6. The van der Waals surface area contributed by atoms with Gasteiger partial charge < -0.3 is 19.3 Å². The first-order chi connectivity index (χ1) is 17.4. The zero-order valence-electron chi connectivity index (χ0n) is 20.5. The molecule has 12 heteroatoms. The summed E-state index contributed by atoms with van der Waals surface area (Å²) in [6, 6.07) is 5.97. The Morgan fingerprint density at radius 1 is 1.16 bits per heavy atom. The van der Waals surface area contributed by atoms with E-state index in [-0.39, 0.29) is 23.4 Å². The zero-order valence-corrected chi connectivity index (χ0v) is 21.3. The number of carboxylic acids is 1. The first-order valence-corrected chi connectivity index (χ1v) is 11.9. The SMILES string of the molecule is CC(C)Oc1ccc(CCCOc2nn(C)cc2CCC(=O)O)c(Oc2ncc(C(F)(F)F)cc2Cl)c1. The van der Waals surface area contributed by atoms with Crippen LogP contribution in [0.4, 0.5) is 13.2 Å². The molecular weight excluding hydrogens is 515 g/mol. The van der Waals surface area contributed by atoms with Crippen molar-refractivity contribution in [3.63, 3.8) is 0 Å². The van der Waals surface area contributed by atoms with Crippen LogP contribution in [0.25, 0.3) is 0 Å². The number of hydrogen-bond donors (Lipinski definition) is 1. The van der Waals surface area contributed by atoms with Crippen LogP contribution < -0.4 is 14.2 Å². The number of benzene rings is 1. The first kappa shape index (κ1) is 28.1. The highest BCUT2D eigenvalue weighted by molar-refractivity contribution is 6.31. The molecule has 0 spiro atoms. The summed E-state index contributed by atoms with van der Waals surface area (Å²) in [6.45, 7) is 4.02. The number of rotatable bonds is 12. The van der Waals surface area contributed by atoms with Crippen LogP contribution in [-0.4, -0.2) is 38.6 Å². The van der Waals surface area contributed by atoms with E-state index in [1.54, 1.807) is 36.1 Å². The van der Waals surface area contributed by atoms with Crippen LogP contribution in [0, 0.1) is 0 Å². The number of aromatic nitrogens is 3. The Hall–Kier alpha value is -3.47. The number of aliphatic carboxylic acids is 1. The molecule has 0 aliphatic heterocycles. The summed E-state index contributed by atoms with van der Waals surface area (Å²) in [6.07, 6.45) is -0.990. The van der Waals surface area contributed by atoms with E-state index in [1.807, 2.05) is 13.8 Å². The number of hydrogen-bond acceptors (Lipinski definition) is 6. The minimum atomic E-state index is -4.58. The third-order valence-electron chi connectivity index (χ3n) is 5.06. The molecule has 200 valence electrons. The summed E-state index contributed by atoms with van der Waals surface area (Å²) in [5.41, 5.74) is 0.466. The van der Waals surface area contributed by atoms with Gasteiger partial charge in [0.05, 0.1) is 18.3 Å². The highest BCUT2D eigenvalue weighted by atomic mass is 35.5. The fourth-order valence-electron chi connectivity index (χ4n) is 3.42. The van der Waals surface area contributed by atoms with Gasteiger partial charge in [-0.3, -0.25) is 9.48 Å². The molecule has 1 aromatic carbocycles. The van der Waals surface area contributed by atoms with Gasteiger partial charge in [0.2, 0.25) is 11.8 Å². The molecule has 0 bridgehead atoms. The molecule has 0 aliphatic carbocycles. The summed E-state index contributed by atoms with van der Waals surface area (Å²) >= 11 is 6.03. The molecule has 0 unspecified atom stereocenters. The second-order valence-electron chi connectivity index (χ2n) is 8.53. The predicted molar refractivity (Wildman–Crippen MR) is 130 cm³/mol. The van der Waals surface area contributed by atoms with Crippen molar-refractivity contribution in [2.45, 2.75) is 51.8 Å². The monoisotopic (exact) mass is 541 g/mol. The van der Waals surface area contributed by atoms with Gasteiger partial charge in [-0.2, -0.15) is 13.2 Å². The van der Waals surface area contributed by atoms with Gasteiger partial charge in [0, 0.05) is 37.5 Å². The minimum Gasteiger partial charge on any atom is -0.491 e. The Bertz CT molecular complexity index is 1230. The van der Waals surface area contributed by atoms with Gasteiger partial charge in [-0.25, -0.2) is 4.98 Å². The van der Waals surface area contributed by atoms with Crippen molar-refractivity contribution in [2.75, 3.05) is 6.61 Å².